The van der Waals surface area contributed by atoms with Gasteiger partial charge in [0.1, 0.15) is 6.33 Å². The van der Waals surface area contributed by atoms with Gasteiger partial charge < -0.3 is 4.57 Å². The molecule has 4 aromatic rings. The molecule has 5 rings (SSSR count). The summed E-state index contributed by atoms with van der Waals surface area (Å²) in [5.41, 5.74) is 6.04. The van der Waals surface area contributed by atoms with Crippen LogP contribution in [0.5, 0.6) is 0 Å². The van der Waals surface area contributed by atoms with Crippen LogP contribution in [0.25, 0.3) is 22.4 Å². The summed E-state index contributed by atoms with van der Waals surface area (Å²) in [5.74, 6) is 0.718. The van der Waals surface area contributed by atoms with Crippen molar-refractivity contribution in [2.75, 3.05) is 0 Å². The molecule has 0 N–H and O–H groups in total. The molecule has 0 aliphatic heterocycles. The second kappa shape index (κ2) is 6.49. The molecule has 26 heavy (non-hydrogen) atoms. The minimum atomic E-state index is 0.718. The van der Waals surface area contributed by atoms with E-state index in [0.29, 0.717) is 0 Å². The first-order valence-corrected chi connectivity index (χ1v) is 9.59. The molecule has 0 saturated heterocycles. The molecule has 0 bridgehead atoms. The van der Waals surface area contributed by atoms with Gasteiger partial charge in [0.05, 0.1) is 11.0 Å². The molecule has 0 radical (unpaired) electrons. The predicted molar refractivity (Wildman–Crippen MR) is 106 cm³/mol. The predicted octanol–water partition coefficient (Wildman–Crippen LogP) is 5.86. The third-order valence-electron chi connectivity index (χ3n) is 5.66. The molecule has 130 valence electrons. The zero-order chi connectivity index (χ0) is 17.3. The highest BCUT2D eigenvalue weighted by molar-refractivity contribution is 5.78. The molecular weight excluding hydrogens is 318 g/mol. The van der Waals surface area contributed by atoms with Crippen molar-refractivity contribution >= 4 is 11.0 Å². The van der Waals surface area contributed by atoms with Gasteiger partial charge in [0, 0.05) is 23.8 Å². The van der Waals surface area contributed by atoms with E-state index in [0.717, 1.165) is 22.8 Å². The van der Waals surface area contributed by atoms with Gasteiger partial charge in [-0.1, -0.05) is 31.4 Å². The number of rotatable bonds is 3. The van der Waals surface area contributed by atoms with E-state index in [1.165, 1.54) is 43.2 Å². The summed E-state index contributed by atoms with van der Waals surface area (Å²) in [6.45, 7) is 0. The van der Waals surface area contributed by atoms with Crippen LogP contribution in [0.2, 0.25) is 0 Å². The molecule has 1 saturated carbocycles. The van der Waals surface area contributed by atoms with E-state index in [4.69, 9.17) is 4.98 Å². The van der Waals surface area contributed by atoms with Crippen LogP contribution < -0.4 is 0 Å². The molecule has 0 spiro atoms. The fourth-order valence-electron chi connectivity index (χ4n) is 4.24. The summed E-state index contributed by atoms with van der Waals surface area (Å²) >= 11 is 0. The maximum absolute atomic E-state index is 4.70. The maximum Gasteiger partial charge on any atom is 0.100 e. The monoisotopic (exact) mass is 341 g/mol. The normalized spacial score (nSPS) is 15.5. The van der Waals surface area contributed by atoms with E-state index < -0.39 is 0 Å². The van der Waals surface area contributed by atoms with Crippen molar-refractivity contribution < 1.29 is 0 Å². The summed E-state index contributed by atoms with van der Waals surface area (Å²) in [4.78, 5) is 4.70. The molecule has 1 aliphatic carbocycles. The number of aromatic nitrogens is 3. The van der Waals surface area contributed by atoms with Crippen molar-refractivity contribution in [3.8, 4) is 11.4 Å². The summed E-state index contributed by atoms with van der Waals surface area (Å²) in [5, 5.41) is 0. The lowest BCUT2D eigenvalue weighted by Crippen LogP contribution is -2.04. The third-order valence-corrected chi connectivity index (χ3v) is 5.66. The summed E-state index contributed by atoms with van der Waals surface area (Å²) in [6, 6.07) is 19.5. The summed E-state index contributed by atoms with van der Waals surface area (Å²) in [7, 11) is 0. The van der Waals surface area contributed by atoms with Gasteiger partial charge >= 0.3 is 0 Å². The van der Waals surface area contributed by atoms with Crippen LogP contribution in [0.4, 0.5) is 0 Å². The van der Waals surface area contributed by atoms with Gasteiger partial charge in [0.15, 0.2) is 0 Å². The van der Waals surface area contributed by atoms with Crippen molar-refractivity contribution in [3.63, 3.8) is 0 Å². The van der Waals surface area contributed by atoms with Crippen LogP contribution in [0.1, 0.15) is 43.6 Å². The van der Waals surface area contributed by atoms with Crippen molar-refractivity contribution in [3.05, 3.63) is 78.9 Å². The van der Waals surface area contributed by atoms with Crippen molar-refractivity contribution in [1.82, 2.24) is 14.1 Å². The Bertz CT molecular complexity index is 1020. The second-order valence-corrected chi connectivity index (χ2v) is 7.31. The Balaban J connectivity index is 1.53. The Labute approximate surface area is 153 Å². The number of hydrogen-bond acceptors (Lipinski definition) is 1. The Morgan fingerprint density at radius 3 is 2.46 bits per heavy atom. The fraction of sp³-hybridized carbons (Fsp3) is 0.261. The van der Waals surface area contributed by atoms with E-state index in [2.05, 4.69) is 64.0 Å². The highest BCUT2D eigenvalue weighted by Gasteiger charge is 2.16. The minimum absolute atomic E-state index is 0.718. The highest BCUT2D eigenvalue weighted by Crippen LogP contribution is 2.34. The van der Waals surface area contributed by atoms with Crippen molar-refractivity contribution in [2.45, 2.75) is 38.0 Å². The van der Waals surface area contributed by atoms with Crippen LogP contribution >= 0.6 is 0 Å². The quantitative estimate of drug-likeness (QED) is 0.457. The molecule has 0 amide bonds. The number of nitrogens with zero attached hydrogens (tertiary/aromatic N) is 3. The Morgan fingerprint density at radius 2 is 1.62 bits per heavy atom. The summed E-state index contributed by atoms with van der Waals surface area (Å²) in [6.07, 6.45) is 12.9. The zero-order valence-electron chi connectivity index (χ0n) is 14.9. The molecule has 1 aliphatic rings. The van der Waals surface area contributed by atoms with Crippen LogP contribution in [-0.4, -0.2) is 14.1 Å². The Morgan fingerprint density at radius 1 is 0.808 bits per heavy atom. The number of imidazole rings is 1. The molecule has 2 aromatic heterocycles. The smallest absolute Gasteiger partial charge is 0.100 e. The molecule has 3 heteroatoms. The van der Waals surface area contributed by atoms with E-state index in [-0.39, 0.29) is 0 Å². The van der Waals surface area contributed by atoms with Crippen LogP contribution in [-0.2, 0) is 0 Å². The lowest BCUT2D eigenvalue weighted by atomic mass is 9.84. The van der Waals surface area contributed by atoms with E-state index in [1.807, 2.05) is 18.5 Å². The van der Waals surface area contributed by atoms with Crippen LogP contribution in [0, 0.1) is 0 Å². The van der Waals surface area contributed by atoms with E-state index in [1.54, 1.807) is 0 Å². The molecule has 2 heterocycles. The third kappa shape index (κ3) is 2.74. The van der Waals surface area contributed by atoms with Gasteiger partial charge in [-0.3, -0.25) is 4.57 Å². The van der Waals surface area contributed by atoms with Gasteiger partial charge in [0.25, 0.3) is 0 Å². The first kappa shape index (κ1) is 15.4. The average molecular weight is 341 g/mol. The number of fused-ring (bicyclic) bond motifs is 1. The second-order valence-electron chi connectivity index (χ2n) is 7.31. The van der Waals surface area contributed by atoms with Gasteiger partial charge in [0.2, 0.25) is 0 Å². The zero-order valence-corrected chi connectivity index (χ0v) is 14.9. The van der Waals surface area contributed by atoms with Crippen molar-refractivity contribution in [2.24, 2.45) is 0 Å². The van der Waals surface area contributed by atoms with Gasteiger partial charge in [-0.2, -0.15) is 0 Å². The first-order chi connectivity index (χ1) is 12.9. The molecule has 0 atom stereocenters. The van der Waals surface area contributed by atoms with Crippen LogP contribution in [0.15, 0.2) is 73.3 Å². The van der Waals surface area contributed by atoms with Gasteiger partial charge in [-0.25, -0.2) is 4.98 Å². The number of hydrogen-bond donors (Lipinski definition) is 0. The molecule has 0 unspecified atom stereocenters. The average Bonchev–Trinajstić information content (AvgIpc) is 3.38. The SMILES string of the molecule is c1cc(-n2cccc2)cc(-n2cnc3cc(C4CCCCC4)ccc32)c1. The Hall–Kier alpha value is -2.81. The molecular formula is C23H23N3. The standard InChI is InChI=1S/C23H23N3/c1-2-7-18(8-3-1)19-11-12-23-22(15-19)24-17-26(23)21-10-6-9-20(16-21)25-13-4-5-14-25/h4-6,9-18H,1-3,7-8H2. The highest BCUT2D eigenvalue weighted by atomic mass is 15.1. The number of benzene rings is 2. The lowest BCUT2D eigenvalue weighted by Gasteiger charge is -2.21. The topological polar surface area (TPSA) is 22.8 Å². The maximum atomic E-state index is 4.70. The minimum Gasteiger partial charge on any atom is -0.324 e. The van der Waals surface area contributed by atoms with E-state index in [9.17, 15) is 0 Å². The van der Waals surface area contributed by atoms with Gasteiger partial charge in [-0.15, -0.1) is 0 Å². The lowest BCUT2D eigenvalue weighted by molar-refractivity contribution is 0.444. The van der Waals surface area contributed by atoms with E-state index >= 15 is 0 Å². The molecule has 2 aromatic carbocycles. The Kier molecular flexibility index (Phi) is 3.85. The van der Waals surface area contributed by atoms with Gasteiger partial charge in [-0.05, 0) is 66.8 Å². The van der Waals surface area contributed by atoms with Crippen molar-refractivity contribution in [1.29, 1.82) is 0 Å². The molecule has 1 fully saturated rings. The first-order valence-electron chi connectivity index (χ1n) is 9.59. The largest absolute Gasteiger partial charge is 0.324 e. The molecule has 3 nitrogen and oxygen atoms in total. The van der Waals surface area contributed by atoms with Crippen LogP contribution in [0.3, 0.4) is 0 Å². The summed E-state index contributed by atoms with van der Waals surface area (Å²) < 4.78 is 4.32. The fourth-order valence-corrected chi connectivity index (χ4v) is 4.24.